The number of rotatable bonds is 1. The van der Waals surface area contributed by atoms with Crippen LogP contribution in [-0.2, 0) is 9.59 Å². The van der Waals surface area contributed by atoms with Crippen LogP contribution in [0.4, 0.5) is 5.13 Å². The van der Waals surface area contributed by atoms with Crippen molar-refractivity contribution in [3.63, 3.8) is 0 Å². The van der Waals surface area contributed by atoms with Crippen molar-refractivity contribution in [1.82, 2.24) is 20.4 Å². The van der Waals surface area contributed by atoms with Gasteiger partial charge in [-0.1, -0.05) is 11.3 Å². The second-order valence-electron chi connectivity index (χ2n) is 3.62. The molecule has 17 heavy (non-hydrogen) atoms. The van der Waals surface area contributed by atoms with E-state index in [2.05, 4.69) is 20.8 Å². The quantitative estimate of drug-likeness (QED) is 0.643. The Bertz CT molecular complexity index is 427. The predicted octanol–water partition coefficient (Wildman–Crippen LogP) is -0.783. The van der Waals surface area contributed by atoms with Crippen molar-refractivity contribution in [2.75, 3.05) is 31.5 Å². The maximum Gasteiger partial charge on any atom is 0.315 e. The van der Waals surface area contributed by atoms with Gasteiger partial charge in [-0.2, -0.15) is 0 Å². The second kappa shape index (κ2) is 5.19. The summed E-state index contributed by atoms with van der Waals surface area (Å²) in [5.41, 5.74) is 0. The molecule has 2 rings (SSSR count). The van der Waals surface area contributed by atoms with E-state index in [4.69, 9.17) is 0 Å². The average Bonchev–Trinajstić information content (AvgIpc) is 2.75. The molecule has 0 spiro atoms. The first-order chi connectivity index (χ1) is 8.16. The van der Waals surface area contributed by atoms with E-state index in [1.165, 1.54) is 16.2 Å². The van der Waals surface area contributed by atoms with E-state index >= 15 is 0 Å². The maximum atomic E-state index is 11.8. The molecule has 1 aromatic heterocycles. The van der Waals surface area contributed by atoms with Crippen LogP contribution >= 0.6 is 11.3 Å². The number of carbonyl (C=O) groups excluding carboxylic acids is 2. The monoisotopic (exact) mass is 255 g/mol. The predicted molar refractivity (Wildman–Crippen MR) is 62.7 cm³/mol. The molecule has 1 saturated heterocycles. The fraction of sp³-hybridized carbons (Fsp3) is 0.556. The van der Waals surface area contributed by atoms with Crippen molar-refractivity contribution >= 4 is 28.3 Å². The van der Waals surface area contributed by atoms with E-state index in [1.54, 1.807) is 6.92 Å². The molecule has 2 N–H and O–H groups in total. The number of nitrogens with one attached hydrogen (secondary N) is 2. The van der Waals surface area contributed by atoms with Gasteiger partial charge in [-0.25, -0.2) is 0 Å². The molecular weight excluding hydrogens is 242 g/mol. The Morgan fingerprint density at radius 1 is 1.35 bits per heavy atom. The third-order valence-corrected chi connectivity index (χ3v) is 3.10. The zero-order valence-electron chi connectivity index (χ0n) is 9.39. The molecule has 0 saturated carbocycles. The molecule has 0 unspecified atom stereocenters. The molecule has 0 atom stereocenters. The van der Waals surface area contributed by atoms with E-state index in [-0.39, 0.29) is 0 Å². The van der Waals surface area contributed by atoms with Crippen LogP contribution < -0.4 is 10.6 Å². The molecule has 1 aliphatic rings. The lowest BCUT2D eigenvalue weighted by molar-refractivity contribution is -0.143. The van der Waals surface area contributed by atoms with Gasteiger partial charge in [0, 0.05) is 26.2 Å². The van der Waals surface area contributed by atoms with Crippen molar-refractivity contribution < 1.29 is 9.59 Å². The summed E-state index contributed by atoms with van der Waals surface area (Å²) in [6.07, 6.45) is 0. The SMILES string of the molecule is Cc1nnc(NC(=O)C(=O)N2CCNCC2)s1. The topological polar surface area (TPSA) is 87.2 Å². The zero-order chi connectivity index (χ0) is 12.3. The van der Waals surface area contributed by atoms with Gasteiger partial charge in [0.15, 0.2) is 0 Å². The first-order valence-corrected chi connectivity index (χ1v) is 6.09. The summed E-state index contributed by atoms with van der Waals surface area (Å²) in [4.78, 5) is 24.9. The Labute approximate surface area is 102 Å². The van der Waals surface area contributed by atoms with E-state index < -0.39 is 11.8 Å². The number of amides is 2. The number of anilines is 1. The normalized spacial score (nSPS) is 15.7. The van der Waals surface area contributed by atoms with Crippen molar-refractivity contribution in [2.45, 2.75) is 6.92 Å². The minimum absolute atomic E-state index is 0.357. The zero-order valence-corrected chi connectivity index (χ0v) is 10.2. The van der Waals surface area contributed by atoms with Crippen LogP contribution in [0.5, 0.6) is 0 Å². The third kappa shape index (κ3) is 2.98. The third-order valence-electron chi connectivity index (χ3n) is 2.34. The number of hydrogen-bond acceptors (Lipinski definition) is 6. The molecule has 0 aromatic carbocycles. The van der Waals surface area contributed by atoms with Gasteiger partial charge in [-0.3, -0.25) is 14.9 Å². The first kappa shape index (κ1) is 11.9. The molecule has 1 fully saturated rings. The van der Waals surface area contributed by atoms with Gasteiger partial charge in [0.05, 0.1) is 0 Å². The number of hydrogen-bond donors (Lipinski definition) is 2. The van der Waals surface area contributed by atoms with Crippen LogP contribution in [-0.4, -0.2) is 53.1 Å². The van der Waals surface area contributed by atoms with Gasteiger partial charge in [0.25, 0.3) is 0 Å². The molecular formula is C9H13N5O2S. The van der Waals surface area contributed by atoms with Gasteiger partial charge in [0.1, 0.15) is 5.01 Å². The van der Waals surface area contributed by atoms with E-state index in [0.29, 0.717) is 18.2 Å². The maximum absolute atomic E-state index is 11.8. The Kier molecular flexibility index (Phi) is 3.64. The summed E-state index contributed by atoms with van der Waals surface area (Å²) < 4.78 is 0. The van der Waals surface area contributed by atoms with Crippen molar-refractivity contribution in [2.24, 2.45) is 0 Å². The van der Waals surface area contributed by atoms with Crippen LogP contribution in [0.3, 0.4) is 0 Å². The molecule has 7 nitrogen and oxygen atoms in total. The Hall–Kier alpha value is -1.54. The fourth-order valence-corrected chi connectivity index (χ4v) is 2.10. The standard InChI is InChI=1S/C9H13N5O2S/c1-6-12-13-9(17-6)11-7(15)8(16)14-4-2-10-3-5-14/h10H,2-5H2,1H3,(H,11,13,15). The van der Waals surface area contributed by atoms with Crippen LogP contribution in [0.1, 0.15) is 5.01 Å². The molecule has 0 radical (unpaired) electrons. The van der Waals surface area contributed by atoms with Crippen LogP contribution in [0.2, 0.25) is 0 Å². The van der Waals surface area contributed by atoms with Gasteiger partial charge < -0.3 is 10.2 Å². The Morgan fingerprint density at radius 3 is 2.65 bits per heavy atom. The smallest absolute Gasteiger partial charge is 0.315 e. The number of nitrogens with zero attached hydrogens (tertiary/aromatic N) is 3. The van der Waals surface area contributed by atoms with E-state index in [0.717, 1.165) is 18.1 Å². The Balaban J connectivity index is 1.92. The van der Waals surface area contributed by atoms with Gasteiger partial charge in [-0.15, -0.1) is 10.2 Å². The van der Waals surface area contributed by atoms with Crippen molar-refractivity contribution in [3.8, 4) is 0 Å². The lowest BCUT2D eigenvalue weighted by Crippen LogP contribution is -2.49. The highest BCUT2D eigenvalue weighted by Crippen LogP contribution is 2.13. The lowest BCUT2D eigenvalue weighted by atomic mass is 10.3. The summed E-state index contributed by atoms with van der Waals surface area (Å²) in [6, 6.07) is 0. The summed E-state index contributed by atoms with van der Waals surface area (Å²) in [6.45, 7) is 4.34. The molecule has 2 heterocycles. The molecule has 1 aromatic rings. The Morgan fingerprint density at radius 2 is 2.06 bits per heavy atom. The lowest BCUT2D eigenvalue weighted by Gasteiger charge is -2.26. The summed E-state index contributed by atoms with van der Waals surface area (Å²) in [5.74, 6) is -1.16. The molecule has 0 bridgehead atoms. The highest BCUT2D eigenvalue weighted by molar-refractivity contribution is 7.15. The van der Waals surface area contributed by atoms with Crippen LogP contribution in [0.15, 0.2) is 0 Å². The van der Waals surface area contributed by atoms with E-state index in [9.17, 15) is 9.59 Å². The van der Waals surface area contributed by atoms with Crippen LogP contribution in [0.25, 0.3) is 0 Å². The number of aryl methyl sites for hydroxylation is 1. The fourth-order valence-electron chi connectivity index (χ4n) is 1.51. The van der Waals surface area contributed by atoms with Gasteiger partial charge >= 0.3 is 11.8 Å². The summed E-state index contributed by atoms with van der Waals surface area (Å²) >= 11 is 1.24. The molecule has 8 heteroatoms. The summed E-state index contributed by atoms with van der Waals surface area (Å²) in [5, 5.41) is 14.2. The minimum atomic E-state index is -0.650. The molecule has 0 aliphatic carbocycles. The van der Waals surface area contributed by atoms with Crippen LogP contribution in [0, 0.1) is 6.92 Å². The van der Waals surface area contributed by atoms with E-state index in [1.807, 2.05) is 0 Å². The number of piperazine rings is 1. The van der Waals surface area contributed by atoms with Gasteiger partial charge in [-0.05, 0) is 6.92 Å². The highest BCUT2D eigenvalue weighted by atomic mass is 32.1. The van der Waals surface area contributed by atoms with Crippen molar-refractivity contribution in [1.29, 1.82) is 0 Å². The molecule has 1 aliphatic heterocycles. The summed E-state index contributed by atoms with van der Waals surface area (Å²) in [7, 11) is 0. The number of carbonyl (C=O) groups is 2. The first-order valence-electron chi connectivity index (χ1n) is 5.28. The molecule has 92 valence electrons. The second-order valence-corrected chi connectivity index (χ2v) is 4.80. The number of aromatic nitrogens is 2. The highest BCUT2D eigenvalue weighted by Gasteiger charge is 2.23. The minimum Gasteiger partial charge on any atom is -0.332 e. The average molecular weight is 255 g/mol. The van der Waals surface area contributed by atoms with Crippen molar-refractivity contribution in [3.05, 3.63) is 5.01 Å². The largest absolute Gasteiger partial charge is 0.332 e. The van der Waals surface area contributed by atoms with Gasteiger partial charge in [0.2, 0.25) is 5.13 Å². The molecule has 2 amide bonds.